The van der Waals surface area contributed by atoms with Gasteiger partial charge in [0.25, 0.3) is 10.0 Å². The van der Waals surface area contributed by atoms with Crippen LogP contribution in [0.2, 0.25) is 0 Å². The summed E-state index contributed by atoms with van der Waals surface area (Å²) in [5.41, 5.74) is 0.185. The van der Waals surface area contributed by atoms with Crippen LogP contribution in [-0.4, -0.2) is 24.9 Å². The second-order valence-corrected chi connectivity index (χ2v) is 5.45. The summed E-state index contributed by atoms with van der Waals surface area (Å²) in [6.07, 6.45) is 3.59. The van der Waals surface area contributed by atoms with Crippen LogP contribution in [-0.2, 0) is 10.0 Å². The fourth-order valence-electron chi connectivity index (χ4n) is 1.58. The van der Waals surface area contributed by atoms with Gasteiger partial charge in [0.1, 0.15) is 0 Å². The van der Waals surface area contributed by atoms with Crippen LogP contribution in [0.1, 0.15) is 6.92 Å². The van der Waals surface area contributed by atoms with E-state index >= 15 is 0 Å². The summed E-state index contributed by atoms with van der Waals surface area (Å²) in [7, 11) is -3.98. The lowest BCUT2D eigenvalue weighted by molar-refractivity contribution is 0.595. The Labute approximate surface area is 116 Å². The van der Waals surface area contributed by atoms with E-state index in [1.54, 1.807) is 12.1 Å². The maximum absolute atomic E-state index is 13.5. The first-order valence-electron chi connectivity index (χ1n) is 5.86. The third kappa shape index (κ3) is 3.02. The molecular formula is C12H13FN4O2S. The third-order valence-corrected chi connectivity index (χ3v) is 3.73. The lowest BCUT2D eigenvalue weighted by atomic mass is 10.4. The molecule has 0 atom stereocenters. The molecule has 106 valence electrons. The van der Waals surface area contributed by atoms with Gasteiger partial charge in [-0.15, -0.1) is 0 Å². The molecule has 2 N–H and O–H groups in total. The molecule has 2 aromatic heterocycles. The van der Waals surface area contributed by atoms with Gasteiger partial charge in [-0.2, -0.15) is 8.42 Å². The molecule has 2 rings (SSSR count). The molecular weight excluding hydrogens is 283 g/mol. The van der Waals surface area contributed by atoms with Gasteiger partial charge in [-0.05, 0) is 25.1 Å². The Kier molecular flexibility index (Phi) is 4.14. The van der Waals surface area contributed by atoms with Crippen LogP contribution < -0.4 is 10.0 Å². The number of hydrogen-bond donors (Lipinski definition) is 2. The molecule has 0 saturated carbocycles. The SMILES string of the molecule is CCNc1cccnc1S(=O)(=O)Nc1ccncc1F. The number of halogens is 1. The van der Waals surface area contributed by atoms with Gasteiger partial charge in [0.15, 0.2) is 10.8 Å². The van der Waals surface area contributed by atoms with Crippen LogP contribution >= 0.6 is 0 Å². The Morgan fingerprint density at radius 3 is 2.75 bits per heavy atom. The second-order valence-electron chi connectivity index (χ2n) is 3.85. The first kappa shape index (κ1) is 14.2. The van der Waals surface area contributed by atoms with Crippen molar-refractivity contribution in [1.82, 2.24) is 9.97 Å². The summed E-state index contributed by atoms with van der Waals surface area (Å²) in [5, 5.41) is 2.71. The Morgan fingerprint density at radius 1 is 1.25 bits per heavy atom. The summed E-state index contributed by atoms with van der Waals surface area (Å²) in [6, 6.07) is 4.45. The average Bonchev–Trinajstić information content (AvgIpc) is 2.42. The van der Waals surface area contributed by atoms with Crippen molar-refractivity contribution in [2.24, 2.45) is 0 Å². The van der Waals surface area contributed by atoms with Gasteiger partial charge in [0, 0.05) is 18.9 Å². The van der Waals surface area contributed by atoms with Gasteiger partial charge in [-0.1, -0.05) is 0 Å². The molecule has 0 aliphatic rings. The maximum Gasteiger partial charge on any atom is 0.281 e. The van der Waals surface area contributed by atoms with Crippen LogP contribution in [0.15, 0.2) is 41.8 Å². The van der Waals surface area contributed by atoms with Crippen LogP contribution in [0.3, 0.4) is 0 Å². The highest BCUT2D eigenvalue weighted by Crippen LogP contribution is 2.22. The smallest absolute Gasteiger partial charge is 0.281 e. The van der Waals surface area contributed by atoms with Crippen LogP contribution in [0.25, 0.3) is 0 Å². The van der Waals surface area contributed by atoms with Gasteiger partial charge < -0.3 is 5.32 Å². The van der Waals surface area contributed by atoms with E-state index in [4.69, 9.17) is 0 Å². The molecule has 0 spiro atoms. The Balaban J connectivity index is 2.39. The van der Waals surface area contributed by atoms with Gasteiger partial charge in [-0.25, -0.2) is 9.37 Å². The Bertz CT molecular complexity index is 706. The largest absolute Gasteiger partial charge is 0.383 e. The molecule has 2 aromatic rings. The van der Waals surface area contributed by atoms with Crippen molar-refractivity contribution < 1.29 is 12.8 Å². The molecule has 6 nitrogen and oxygen atoms in total. The van der Waals surface area contributed by atoms with Gasteiger partial charge in [0.2, 0.25) is 0 Å². The van der Waals surface area contributed by atoms with Gasteiger partial charge in [-0.3, -0.25) is 9.71 Å². The zero-order valence-corrected chi connectivity index (χ0v) is 11.5. The lowest BCUT2D eigenvalue weighted by Crippen LogP contribution is -2.17. The van der Waals surface area contributed by atoms with Crippen LogP contribution in [0.5, 0.6) is 0 Å². The highest BCUT2D eigenvalue weighted by molar-refractivity contribution is 7.92. The molecule has 0 radical (unpaired) electrons. The topological polar surface area (TPSA) is 84.0 Å². The van der Waals surface area contributed by atoms with Crippen molar-refractivity contribution in [2.45, 2.75) is 11.9 Å². The minimum Gasteiger partial charge on any atom is -0.383 e. The van der Waals surface area contributed by atoms with E-state index in [1.165, 1.54) is 18.5 Å². The molecule has 0 bridgehead atoms. The van der Waals surface area contributed by atoms with E-state index < -0.39 is 15.8 Å². The second kappa shape index (κ2) is 5.83. The van der Waals surface area contributed by atoms with E-state index in [9.17, 15) is 12.8 Å². The molecule has 0 fully saturated rings. The first-order chi connectivity index (χ1) is 9.54. The summed E-state index contributed by atoms with van der Waals surface area (Å²) < 4.78 is 40.1. The summed E-state index contributed by atoms with van der Waals surface area (Å²) in [4.78, 5) is 7.40. The fraction of sp³-hybridized carbons (Fsp3) is 0.167. The van der Waals surface area contributed by atoms with E-state index in [-0.39, 0.29) is 10.7 Å². The Hall–Kier alpha value is -2.22. The molecule has 0 unspecified atom stereocenters. The number of nitrogens with one attached hydrogen (secondary N) is 2. The zero-order chi connectivity index (χ0) is 14.6. The number of rotatable bonds is 5. The fourth-order valence-corrected chi connectivity index (χ4v) is 2.76. The highest BCUT2D eigenvalue weighted by atomic mass is 32.2. The summed E-state index contributed by atoms with van der Waals surface area (Å²) >= 11 is 0. The number of aromatic nitrogens is 2. The minimum absolute atomic E-state index is 0.173. The predicted octanol–water partition coefficient (Wildman–Crippen LogP) is 1.85. The quantitative estimate of drug-likeness (QED) is 0.879. The third-order valence-electron chi connectivity index (χ3n) is 2.41. The van der Waals surface area contributed by atoms with Crippen molar-refractivity contribution in [3.63, 3.8) is 0 Å². The zero-order valence-electron chi connectivity index (χ0n) is 10.7. The van der Waals surface area contributed by atoms with Crippen LogP contribution in [0, 0.1) is 5.82 Å². The van der Waals surface area contributed by atoms with Crippen molar-refractivity contribution in [2.75, 3.05) is 16.6 Å². The predicted molar refractivity (Wildman–Crippen MR) is 73.4 cm³/mol. The number of sulfonamides is 1. The molecule has 2 heterocycles. The van der Waals surface area contributed by atoms with Crippen molar-refractivity contribution >= 4 is 21.4 Å². The highest BCUT2D eigenvalue weighted by Gasteiger charge is 2.21. The van der Waals surface area contributed by atoms with Crippen molar-refractivity contribution in [3.8, 4) is 0 Å². The van der Waals surface area contributed by atoms with E-state index in [0.717, 1.165) is 6.20 Å². The first-order valence-corrected chi connectivity index (χ1v) is 7.34. The summed E-state index contributed by atoms with van der Waals surface area (Å²) in [5.74, 6) is -0.753. The normalized spacial score (nSPS) is 11.1. The molecule has 0 saturated heterocycles. The summed E-state index contributed by atoms with van der Waals surface area (Å²) in [6.45, 7) is 2.37. The average molecular weight is 296 g/mol. The van der Waals surface area contributed by atoms with E-state index in [1.807, 2.05) is 6.92 Å². The molecule has 0 amide bonds. The minimum atomic E-state index is -3.98. The monoisotopic (exact) mass is 296 g/mol. The molecule has 0 aliphatic heterocycles. The van der Waals surface area contributed by atoms with E-state index in [0.29, 0.717) is 12.2 Å². The molecule has 0 aromatic carbocycles. The number of hydrogen-bond acceptors (Lipinski definition) is 5. The van der Waals surface area contributed by atoms with Crippen molar-refractivity contribution in [3.05, 3.63) is 42.6 Å². The standard InChI is InChI=1S/C12H13FN4O2S/c1-2-15-11-4-3-6-16-12(11)20(18,19)17-10-5-7-14-8-9(10)13/h3-8,15H,2H2,1H3,(H,14,17). The number of anilines is 2. The molecule has 20 heavy (non-hydrogen) atoms. The number of pyridine rings is 2. The Morgan fingerprint density at radius 2 is 2.05 bits per heavy atom. The molecule has 8 heteroatoms. The molecule has 0 aliphatic carbocycles. The van der Waals surface area contributed by atoms with Gasteiger partial charge in [0.05, 0.1) is 17.6 Å². The maximum atomic E-state index is 13.5. The van der Waals surface area contributed by atoms with Gasteiger partial charge >= 0.3 is 0 Å². The van der Waals surface area contributed by atoms with Crippen molar-refractivity contribution in [1.29, 1.82) is 0 Å². The van der Waals surface area contributed by atoms with Crippen LogP contribution in [0.4, 0.5) is 15.8 Å². The lowest BCUT2D eigenvalue weighted by Gasteiger charge is -2.12. The van der Waals surface area contributed by atoms with E-state index in [2.05, 4.69) is 20.0 Å². The number of nitrogens with zero attached hydrogens (tertiary/aromatic N) is 2.